The van der Waals surface area contributed by atoms with Gasteiger partial charge in [0, 0.05) is 29.6 Å². The molecule has 2 N–H and O–H groups in total. The summed E-state index contributed by atoms with van der Waals surface area (Å²) in [4.78, 5) is 12.8. The Labute approximate surface area is 115 Å². The Morgan fingerprint density at radius 3 is 2.95 bits per heavy atom. The molecule has 0 saturated heterocycles. The molecule has 100 valence electrons. The van der Waals surface area contributed by atoms with Gasteiger partial charge in [0.2, 0.25) is 0 Å². The van der Waals surface area contributed by atoms with Crippen molar-refractivity contribution in [3.63, 3.8) is 0 Å². The van der Waals surface area contributed by atoms with Crippen molar-refractivity contribution in [1.29, 1.82) is 0 Å². The van der Waals surface area contributed by atoms with Gasteiger partial charge in [-0.2, -0.15) is 5.10 Å². The molecule has 1 heterocycles. The maximum Gasteiger partial charge on any atom is 0.340 e. The standard InChI is InChI=1S/C13H15N3O2S/c1-16-7-10(6-15-16)19-8-9-4-3-5-11(14)12(9)13(17)18-2/h3-7H,8,14H2,1-2H3. The molecule has 0 atom stereocenters. The van der Waals surface area contributed by atoms with Gasteiger partial charge >= 0.3 is 5.97 Å². The van der Waals surface area contributed by atoms with E-state index in [1.165, 1.54) is 7.11 Å². The molecule has 5 nitrogen and oxygen atoms in total. The van der Waals surface area contributed by atoms with Crippen molar-refractivity contribution >= 4 is 23.4 Å². The highest BCUT2D eigenvalue weighted by Gasteiger charge is 2.15. The summed E-state index contributed by atoms with van der Waals surface area (Å²) in [6.07, 6.45) is 3.71. The molecule has 0 saturated carbocycles. The minimum absolute atomic E-state index is 0.403. The predicted molar refractivity (Wildman–Crippen MR) is 75.0 cm³/mol. The number of nitrogens with zero attached hydrogens (tertiary/aromatic N) is 2. The summed E-state index contributed by atoms with van der Waals surface area (Å²) in [5, 5.41) is 4.10. The molecule has 0 amide bonds. The Bertz CT molecular complexity index is 595. The summed E-state index contributed by atoms with van der Waals surface area (Å²) in [7, 11) is 3.22. The smallest absolute Gasteiger partial charge is 0.340 e. The van der Waals surface area contributed by atoms with E-state index in [0.717, 1.165) is 10.5 Å². The monoisotopic (exact) mass is 277 g/mol. The Morgan fingerprint density at radius 2 is 2.32 bits per heavy atom. The van der Waals surface area contributed by atoms with Gasteiger partial charge in [-0.1, -0.05) is 12.1 Å². The van der Waals surface area contributed by atoms with Crippen molar-refractivity contribution in [3.05, 3.63) is 41.7 Å². The lowest BCUT2D eigenvalue weighted by Gasteiger charge is -2.09. The second-order valence-electron chi connectivity index (χ2n) is 4.01. The van der Waals surface area contributed by atoms with Crippen molar-refractivity contribution in [3.8, 4) is 0 Å². The number of carbonyl (C=O) groups is 1. The molecule has 0 fully saturated rings. The van der Waals surface area contributed by atoms with Crippen molar-refractivity contribution in [2.24, 2.45) is 7.05 Å². The SMILES string of the molecule is COC(=O)c1c(N)cccc1CSc1cnn(C)c1. The summed E-state index contributed by atoms with van der Waals surface area (Å²) < 4.78 is 6.51. The van der Waals surface area contributed by atoms with Crippen LogP contribution in [0.3, 0.4) is 0 Å². The Hall–Kier alpha value is -1.95. The normalized spacial score (nSPS) is 10.4. The van der Waals surface area contributed by atoms with Crippen LogP contribution in [0.15, 0.2) is 35.5 Å². The molecule has 0 unspecified atom stereocenters. The largest absolute Gasteiger partial charge is 0.465 e. The minimum atomic E-state index is -0.403. The number of carbonyl (C=O) groups excluding carboxylic acids is 1. The zero-order valence-corrected chi connectivity index (χ0v) is 11.6. The number of nitrogen functional groups attached to an aromatic ring is 1. The number of nitrogens with two attached hydrogens (primary N) is 1. The van der Waals surface area contributed by atoms with E-state index in [0.29, 0.717) is 17.0 Å². The average Bonchev–Trinajstić information content (AvgIpc) is 2.81. The number of hydrogen-bond donors (Lipinski definition) is 1. The highest BCUT2D eigenvalue weighted by Crippen LogP contribution is 2.26. The van der Waals surface area contributed by atoms with Gasteiger partial charge in [-0.05, 0) is 11.6 Å². The maximum atomic E-state index is 11.7. The van der Waals surface area contributed by atoms with Crippen molar-refractivity contribution in [2.45, 2.75) is 10.6 Å². The second kappa shape index (κ2) is 5.79. The summed E-state index contributed by atoms with van der Waals surface area (Å²) >= 11 is 1.60. The summed E-state index contributed by atoms with van der Waals surface area (Å²) in [6, 6.07) is 5.41. The third-order valence-electron chi connectivity index (χ3n) is 2.65. The molecule has 0 radical (unpaired) electrons. The fourth-order valence-electron chi connectivity index (χ4n) is 1.73. The number of aryl methyl sites for hydroxylation is 1. The number of esters is 1. The van der Waals surface area contributed by atoms with Crippen LogP contribution in [-0.2, 0) is 17.5 Å². The summed E-state index contributed by atoms with van der Waals surface area (Å²) in [5.41, 5.74) is 7.59. The van der Waals surface area contributed by atoms with Crippen molar-refractivity contribution < 1.29 is 9.53 Å². The van der Waals surface area contributed by atoms with E-state index in [1.807, 2.05) is 25.4 Å². The summed E-state index contributed by atoms with van der Waals surface area (Å²) in [6.45, 7) is 0. The van der Waals surface area contributed by atoms with E-state index in [2.05, 4.69) is 5.10 Å². The van der Waals surface area contributed by atoms with Gasteiger partial charge in [0.15, 0.2) is 0 Å². The number of methoxy groups -OCH3 is 1. The number of anilines is 1. The van der Waals surface area contributed by atoms with E-state index in [-0.39, 0.29) is 0 Å². The number of ether oxygens (including phenoxy) is 1. The molecule has 19 heavy (non-hydrogen) atoms. The highest BCUT2D eigenvalue weighted by atomic mass is 32.2. The van der Waals surface area contributed by atoms with Gasteiger partial charge in [0.1, 0.15) is 0 Å². The molecule has 6 heteroatoms. The van der Waals surface area contributed by atoms with Crippen LogP contribution >= 0.6 is 11.8 Å². The zero-order chi connectivity index (χ0) is 13.8. The van der Waals surface area contributed by atoms with Crippen LogP contribution < -0.4 is 5.73 Å². The zero-order valence-electron chi connectivity index (χ0n) is 10.8. The fraction of sp³-hybridized carbons (Fsp3) is 0.231. The Kier molecular flexibility index (Phi) is 4.11. The lowest BCUT2D eigenvalue weighted by molar-refractivity contribution is 0.0601. The van der Waals surface area contributed by atoms with Crippen LogP contribution in [0.5, 0.6) is 0 Å². The van der Waals surface area contributed by atoms with Crippen LogP contribution in [-0.4, -0.2) is 22.9 Å². The third-order valence-corrected chi connectivity index (χ3v) is 3.65. The fourth-order valence-corrected chi connectivity index (χ4v) is 2.64. The molecule has 2 aromatic rings. The minimum Gasteiger partial charge on any atom is -0.465 e. The number of aromatic nitrogens is 2. The van der Waals surface area contributed by atoms with Gasteiger partial charge in [-0.15, -0.1) is 11.8 Å². The Morgan fingerprint density at radius 1 is 1.53 bits per heavy atom. The first-order valence-corrected chi connectivity index (χ1v) is 6.67. The number of hydrogen-bond acceptors (Lipinski definition) is 5. The summed E-state index contributed by atoms with van der Waals surface area (Å²) in [5.74, 6) is 0.237. The van der Waals surface area contributed by atoms with Gasteiger partial charge in [-0.25, -0.2) is 4.79 Å². The van der Waals surface area contributed by atoms with Crippen LogP contribution in [0.25, 0.3) is 0 Å². The van der Waals surface area contributed by atoms with Crippen LogP contribution in [0, 0.1) is 0 Å². The first kappa shape index (κ1) is 13.5. The molecule has 1 aromatic heterocycles. The van der Waals surface area contributed by atoms with Crippen LogP contribution in [0.2, 0.25) is 0 Å². The molecule has 0 bridgehead atoms. The topological polar surface area (TPSA) is 70.1 Å². The van der Waals surface area contributed by atoms with Crippen molar-refractivity contribution in [2.75, 3.05) is 12.8 Å². The van der Waals surface area contributed by atoms with E-state index in [1.54, 1.807) is 28.7 Å². The van der Waals surface area contributed by atoms with Gasteiger partial charge in [0.25, 0.3) is 0 Å². The van der Waals surface area contributed by atoms with E-state index in [9.17, 15) is 4.79 Å². The van der Waals surface area contributed by atoms with Crippen LogP contribution in [0.4, 0.5) is 5.69 Å². The quantitative estimate of drug-likeness (QED) is 0.526. The van der Waals surface area contributed by atoms with Crippen LogP contribution in [0.1, 0.15) is 15.9 Å². The molecule has 0 spiro atoms. The highest BCUT2D eigenvalue weighted by molar-refractivity contribution is 7.98. The van der Waals surface area contributed by atoms with Gasteiger partial charge < -0.3 is 10.5 Å². The number of thioether (sulfide) groups is 1. The number of rotatable bonds is 4. The molecule has 0 aliphatic heterocycles. The number of benzene rings is 1. The van der Waals surface area contributed by atoms with Gasteiger partial charge in [-0.3, -0.25) is 4.68 Å². The predicted octanol–water partition coefficient (Wildman–Crippen LogP) is 2.08. The van der Waals surface area contributed by atoms with Gasteiger partial charge in [0.05, 0.1) is 18.9 Å². The molecular formula is C13H15N3O2S. The first-order valence-electron chi connectivity index (χ1n) is 5.69. The lowest BCUT2D eigenvalue weighted by atomic mass is 10.1. The molecule has 0 aliphatic rings. The van der Waals surface area contributed by atoms with E-state index >= 15 is 0 Å². The lowest BCUT2D eigenvalue weighted by Crippen LogP contribution is -2.09. The van der Waals surface area contributed by atoms with Crippen molar-refractivity contribution in [1.82, 2.24) is 9.78 Å². The third kappa shape index (κ3) is 3.08. The first-order chi connectivity index (χ1) is 9.11. The molecule has 0 aliphatic carbocycles. The maximum absolute atomic E-state index is 11.7. The second-order valence-corrected chi connectivity index (χ2v) is 5.06. The Balaban J connectivity index is 2.20. The molecular weight excluding hydrogens is 262 g/mol. The van der Waals surface area contributed by atoms with E-state index < -0.39 is 5.97 Å². The average molecular weight is 277 g/mol. The molecule has 2 rings (SSSR count). The van der Waals surface area contributed by atoms with E-state index in [4.69, 9.17) is 10.5 Å². The molecule has 1 aromatic carbocycles.